The highest BCUT2D eigenvalue weighted by molar-refractivity contribution is 6.18. The third-order valence-electron chi connectivity index (χ3n) is 3.25. The van der Waals surface area contributed by atoms with Crippen LogP contribution in [0, 0.1) is 0 Å². The van der Waals surface area contributed by atoms with E-state index in [0.717, 1.165) is 26.1 Å². The Hall–Kier alpha value is -0.530. The van der Waals surface area contributed by atoms with Crippen molar-refractivity contribution < 1.29 is 4.74 Å². The minimum absolute atomic E-state index is 0.0674. The minimum Gasteiger partial charge on any atom is -0.382 e. The van der Waals surface area contributed by atoms with Crippen molar-refractivity contribution in [2.24, 2.45) is 0 Å². The SMILES string of the molecule is CCOCCC(CC)(CCl)c1ccccc1. The van der Waals surface area contributed by atoms with Crippen LogP contribution in [0.25, 0.3) is 0 Å². The molecule has 1 rings (SSSR count). The molecule has 16 heavy (non-hydrogen) atoms. The van der Waals surface area contributed by atoms with Crippen LogP contribution in [0.15, 0.2) is 30.3 Å². The molecule has 0 radical (unpaired) electrons. The van der Waals surface area contributed by atoms with E-state index >= 15 is 0 Å². The van der Waals surface area contributed by atoms with Crippen molar-refractivity contribution in [2.75, 3.05) is 19.1 Å². The highest BCUT2D eigenvalue weighted by Gasteiger charge is 2.28. The highest BCUT2D eigenvalue weighted by Crippen LogP contribution is 2.33. The van der Waals surface area contributed by atoms with Gasteiger partial charge in [-0.15, -0.1) is 11.6 Å². The van der Waals surface area contributed by atoms with Gasteiger partial charge in [-0.1, -0.05) is 37.3 Å². The summed E-state index contributed by atoms with van der Waals surface area (Å²) in [5.74, 6) is 0.653. The lowest BCUT2D eigenvalue weighted by Gasteiger charge is -2.31. The van der Waals surface area contributed by atoms with Gasteiger partial charge in [-0.2, -0.15) is 0 Å². The smallest absolute Gasteiger partial charge is 0.0474 e. The van der Waals surface area contributed by atoms with Crippen molar-refractivity contribution in [1.29, 1.82) is 0 Å². The van der Waals surface area contributed by atoms with Crippen molar-refractivity contribution in [3.05, 3.63) is 35.9 Å². The Morgan fingerprint density at radius 3 is 2.38 bits per heavy atom. The summed E-state index contributed by atoms with van der Waals surface area (Å²) >= 11 is 6.18. The van der Waals surface area contributed by atoms with Gasteiger partial charge in [0, 0.05) is 24.5 Å². The van der Waals surface area contributed by atoms with Crippen LogP contribution in [0.2, 0.25) is 0 Å². The molecule has 1 aromatic rings. The van der Waals surface area contributed by atoms with Gasteiger partial charge < -0.3 is 4.74 Å². The van der Waals surface area contributed by atoms with E-state index in [0.29, 0.717) is 5.88 Å². The van der Waals surface area contributed by atoms with Gasteiger partial charge in [-0.05, 0) is 25.3 Å². The Morgan fingerprint density at radius 2 is 1.88 bits per heavy atom. The Morgan fingerprint density at radius 1 is 1.19 bits per heavy atom. The quantitative estimate of drug-likeness (QED) is 0.517. The summed E-state index contributed by atoms with van der Waals surface area (Å²) in [6.45, 7) is 5.78. The van der Waals surface area contributed by atoms with E-state index in [-0.39, 0.29) is 5.41 Å². The van der Waals surface area contributed by atoms with E-state index in [4.69, 9.17) is 16.3 Å². The lowest BCUT2D eigenvalue weighted by atomic mass is 9.77. The summed E-state index contributed by atoms with van der Waals surface area (Å²) in [6, 6.07) is 10.5. The Kier molecular flexibility index (Phi) is 5.86. The van der Waals surface area contributed by atoms with Gasteiger partial charge >= 0.3 is 0 Å². The summed E-state index contributed by atoms with van der Waals surface area (Å²) < 4.78 is 5.46. The maximum Gasteiger partial charge on any atom is 0.0474 e. The van der Waals surface area contributed by atoms with Crippen LogP contribution < -0.4 is 0 Å². The first-order valence-corrected chi connectivity index (χ1v) is 6.51. The van der Waals surface area contributed by atoms with Gasteiger partial charge in [0.05, 0.1) is 0 Å². The fourth-order valence-corrected chi connectivity index (χ4v) is 2.44. The summed E-state index contributed by atoms with van der Waals surface area (Å²) in [5.41, 5.74) is 1.39. The van der Waals surface area contributed by atoms with Gasteiger partial charge in [0.2, 0.25) is 0 Å². The Bertz CT molecular complexity index is 280. The molecule has 1 atom stereocenters. The van der Waals surface area contributed by atoms with Gasteiger partial charge in [0.25, 0.3) is 0 Å². The van der Waals surface area contributed by atoms with Crippen molar-refractivity contribution in [3.8, 4) is 0 Å². The van der Waals surface area contributed by atoms with Crippen LogP contribution in [0.1, 0.15) is 32.3 Å². The lowest BCUT2D eigenvalue weighted by molar-refractivity contribution is 0.127. The summed E-state index contributed by atoms with van der Waals surface area (Å²) in [4.78, 5) is 0. The van der Waals surface area contributed by atoms with Crippen molar-refractivity contribution in [3.63, 3.8) is 0 Å². The molecule has 0 N–H and O–H groups in total. The van der Waals surface area contributed by atoms with Gasteiger partial charge in [-0.3, -0.25) is 0 Å². The molecule has 0 heterocycles. The van der Waals surface area contributed by atoms with E-state index in [1.165, 1.54) is 5.56 Å². The molecule has 0 aliphatic rings. The molecule has 0 saturated heterocycles. The standard InChI is InChI=1S/C14H21ClO/c1-3-14(12-15,10-11-16-4-2)13-8-6-5-7-9-13/h5-9H,3-4,10-12H2,1-2H3. The molecule has 2 heteroatoms. The molecule has 0 bridgehead atoms. The maximum atomic E-state index is 6.18. The average Bonchev–Trinajstić information content (AvgIpc) is 2.36. The van der Waals surface area contributed by atoms with E-state index in [1.807, 2.05) is 13.0 Å². The van der Waals surface area contributed by atoms with Crippen LogP contribution in [0.4, 0.5) is 0 Å². The molecule has 0 spiro atoms. The molecule has 0 amide bonds. The first-order valence-electron chi connectivity index (χ1n) is 5.98. The van der Waals surface area contributed by atoms with E-state index in [1.54, 1.807) is 0 Å². The van der Waals surface area contributed by atoms with Crippen molar-refractivity contribution in [1.82, 2.24) is 0 Å². The number of halogens is 1. The summed E-state index contributed by atoms with van der Waals surface area (Å²) in [6.07, 6.45) is 2.04. The summed E-state index contributed by atoms with van der Waals surface area (Å²) in [7, 11) is 0. The Balaban J connectivity index is 2.79. The van der Waals surface area contributed by atoms with Gasteiger partial charge in [-0.25, -0.2) is 0 Å². The second-order valence-corrected chi connectivity index (χ2v) is 4.35. The number of benzene rings is 1. The zero-order chi connectivity index (χ0) is 11.9. The highest BCUT2D eigenvalue weighted by atomic mass is 35.5. The van der Waals surface area contributed by atoms with Crippen molar-refractivity contribution >= 4 is 11.6 Å². The van der Waals surface area contributed by atoms with E-state index in [2.05, 4.69) is 31.2 Å². The predicted octanol–water partition coefficient (Wildman–Crippen LogP) is 4.00. The predicted molar refractivity (Wildman–Crippen MR) is 70.2 cm³/mol. The molecule has 1 unspecified atom stereocenters. The number of hydrogen-bond acceptors (Lipinski definition) is 1. The summed E-state index contributed by atoms with van der Waals surface area (Å²) in [5, 5.41) is 0. The van der Waals surface area contributed by atoms with E-state index < -0.39 is 0 Å². The number of ether oxygens (including phenoxy) is 1. The largest absolute Gasteiger partial charge is 0.382 e. The van der Waals surface area contributed by atoms with Crippen LogP contribution in [0.5, 0.6) is 0 Å². The lowest BCUT2D eigenvalue weighted by Crippen LogP contribution is -2.29. The number of hydrogen-bond donors (Lipinski definition) is 0. The maximum absolute atomic E-state index is 6.18. The van der Waals surface area contributed by atoms with E-state index in [9.17, 15) is 0 Å². The monoisotopic (exact) mass is 240 g/mol. The second kappa shape index (κ2) is 6.93. The Labute approximate surface area is 104 Å². The van der Waals surface area contributed by atoms with Gasteiger partial charge in [0.1, 0.15) is 0 Å². The average molecular weight is 241 g/mol. The fraction of sp³-hybridized carbons (Fsp3) is 0.571. The normalized spacial score (nSPS) is 14.7. The van der Waals surface area contributed by atoms with Crippen LogP contribution in [-0.2, 0) is 10.2 Å². The third kappa shape index (κ3) is 3.23. The third-order valence-corrected chi connectivity index (χ3v) is 3.76. The van der Waals surface area contributed by atoms with Gasteiger partial charge in [0.15, 0.2) is 0 Å². The fourth-order valence-electron chi connectivity index (χ4n) is 1.97. The molecule has 0 aliphatic carbocycles. The second-order valence-electron chi connectivity index (χ2n) is 4.08. The minimum atomic E-state index is 0.0674. The number of alkyl halides is 1. The van der Waals surface area contributed by atoms with Crippen LogP contribution in [-0.4, -0.2) is 19.1 Å². The molecular formula is C14H21ClO. The zero-order valence-electron chi connectivity index (χ0n) is 10.2. The van der Waals surface area contributed by atoms with Crippen LogP contribution >= 0.6 is 11.6 Å². The molecule has 0 fully saturated rings. The first-order chi connectivity index (χ1) is 7.79. The molecule has 1 aromatic carbocycles. The molecule has 0 saturated carbocycles. The zero-order valence-corrected chi connectivity index (χ0v) is 11.0. The van der Waals surface area contributed by atoms with Crippen LogP contribution in [0.3, 0.4) is 0 Å². The molecule has 90 valence electrons. The number of rotatable bonds is 7. The molecule has 0 aliphatic heterocycles. The topological polar surface area (TPSA) is 9.23 Å². The first kappa shape index (κ1) is 13.5. The molecule has 1 nitrogen and oxygen atoms in total. The molecule has 0 aromatic heterocycles. The molecular weight excluding hydrogens is 220 g/mol. The van der Waals surface area contributed by atoms with Crippen molar-refractivity contribution in [2.45, 2.75) is 32.1 Å².